The molecule has 0 rings (SSSR count). The molecule has 0 aliphatic carbocycles. The minimum absolute atomic E-state index is 1.38. The van der Waals surface area contributed by atoms with Crippen LogP contribution in [0.3, 0.4) is 0 Å². The van der Waals surface area contributed by atoms with Gasteiger partial charge in [-0.2, -0.15) is 11.8 Å². The predicted molar refractivity (Wildman–Crippen MR) is 275 cm³/mol. The van der Waals surface area contributed by atoms with Crippen molar-refractivity contribution in [2.24, 2.45) is 0 Å². The summed E-state index contributed by atoms with van der Waals surface area (Å²) in [5, 5.41) is 4.50. The summed E-state index contributed by atoms with van der Waals surface area (Å²) in [5.74, 6) is 0. The van der Waals surface area contributed by atoms with Crippen molar-refractivity contribution < 1.29 is 64.7 Å². The molecule has 0 aromatic carbocycles. The molecular formula is C54H111O2PS2Zn3. The van der Waals surface area contributed by atoms with Crippen LogP contribution in [-0.4, -0.2) is 0 Å². The Kier molecular flexibility index (Phi) is 81.0. The van der Waals surface area contributed by atoms with Gasteiger partial charge >= 0.3 is 282 Å². The van der Waals surface area contributed by atoms with E-state index in [1.807, 2.05) is 0 Å². The maximum absolute atomic E-state index is 9.29. The molecule has 0 saturated carbocycles. The van der Waals surface area contributed by atoms with Crippen LogP contribution in [0.2, 0.25) is 15.0 Å². The van der Waals surface area contributed by atoms with Crippen molar-refractivity contribution in [1.82, 2.24) is 0 Å². The molecular weight excluding hydrogens is 972 g/mol. The molecule has 0 amide bonds. The fourth-order valence-electron chi connectivity index (χ4n) is 8.17. The van der Waals surface area contributed by atoms with Gasteiger partial charge in [0.2, 0.25) is 0 Å². The van der Waals surface area contributed by atoms with Gasteiger partial charge in [-0.3, -0.25) is 0 Å². The quantitative estimate of drug-likeness (QED) is 0.0264. The van der Waals surface area contributed by atoms with Crippen molar-refractivity contribution in [3.63, 3.8) is 0 Å². The Morgan fingerprint density at radius 2 is 0.339 bits per heavy atom. The van der Waals surface area contributed by atoms with Crippen LogP contribution in [0.1, 0.15) is 329 Å². The van der Waals surface area contributed by atoms with Crippen molar-refractivity contribution in [2.45, 2.75) is 344 Å². The van der Waals surface area contributed by atoms with E-state index < -0.39 is 5.69 Å². The summed E-state index contributed by atoms with van der Waals surface area (Å²) in [5.41, 5.74) is -3.72. The minimum Gasteiger partial charge on any atom is -0.850 e. The van der Waals surface area contributed by atoms with E-state index in [1.54, 1.807) is 0 Å². The van der Waals surface area contributed by atoms with Gasteiger partial charge in [-0.05, 0) is 0 Å². The summed E-state index contributed by atoms with van der Waals surface area (Å²) in [6.45, 7) is 6.89. The number of rotatable bonds is 48. The van der Waals surface area contributed by atoms with Crippen molar-refractivity contribution in [3.05, 3.63) is 0 Å². The molecule has 0 atom stereocenters. The third kappa shape index (κ3) is 92.9. The number of hydrogen-bond donors (Lipinski definition) is 0. The first-order valence-electron chi connectivity index (χ1n) is 28.4. The summed E-state index contributed by atoms with van der Waals surface area (Å²) < 4.78 is 0. The van der Waals surface area contributed by atoms with Crippen molar-refractivity contribution in [2.75, 3.05) is 0 Å². The zero-order chi connectivity index (χ0) is 46.6. The molecule has 0 aromatic heterocycles. The van der Waals surface area contributed by atoms with Gasteiger partial charge in [0.25, 0.3) is 0 Å². The molecule has 0 unspecified atom stereocenters. The Morgan fingerprint density at radius 1 is 0.258 bits per heavy atom. The Morgan fingerprint density at radius 3 is 0.419 bits per heavy atom. The SMILES string of the molecule is CCCCCCCCCCCCCCCCC[CH2][Zn+].CCCCCCCCCCCCCCCCC[CH2][Zn+].CCCCCCCCCCCCCCCCC[CH2][Zn+].[O-]P([O-])(=S)[S-]. The molecule has 8 heteroatoms. The van der Waals surface area contributed by atoms with Crippen LogP contribution in [0.5, 0.6) is 0 Å². The topological polar surface area (TPSA) is 46.1 Å². The van der Waals surface area contributed by atoms with Crippen LogP contribution < -0.4 is 9.79 Å². The molecule has 0 spiro atoms. The van der Waals surface area contributed by atoms with Gasteiger partial charge in [0.1, 0.15) is 0 Å². The maximum Gasteiger partial charge on any atom is -0.160 e. The van der Waals surface area contributed by atoms with E-state index in [0.717, 1.165) is 0 Å². The van der Waals surface area contributed by atoms with E-state index in [4.69, 9.17) is 0 Å². The Bertz CT molecular complexity index is 624. The van der Waals surface area contributed by atoms with Gasteiger partial charge in [0.15, 0.2) is 0 Å². The summed E-state index contributed by atoms with van der Waals surface area (Å²) >= 11 is 11.8. The Hall–Kier alpha value is 2.79. The first-order valence-corrected chi connectivity index (χ1v) is 38.3. The van der Waals surface area contributed by atoms with Crippen LogP contribution in [0.25, 0.3) is 0 Å². The molecule has 0 bridgehead atoms. The number of unbranched alkanes of at least 4 members (excludes halogenated alkanes) is 45. The smallest absolute Gasteiger partial charge is 0.160 e. The van der Waals surface area contributed by atoms with Crippen molar-refractivity contribution >= 4 is 29.7 Å². The molecule has 0 aliphatic heterocycles. The monoisotopic (exact) mass is 1080 g/mol. The molecule has 0 aliphatic rings. The summed E-state index contributed by atoms with van der Waals surface area (Å²) in [4.78, 5) is 18.6. The van der Waals surface area contributed by atoms with Crippen LogP contribution in [0.4, 0.5) is 0 Å². The van der Waals surface area contributed by atoms with E-state index in [2.05, 4.69) is 44.8 Å². The second-order valence-corrected chi connectivity index (χ2v) is 27.8. The van der Waals surface area contributed by atoms with E-state index in [0.29, 0.717) is 0 Å². The van der Waals surface area contributed by atoms with E-state index >= 15 is 0 Å². The van der Waals surface area contributed by atoms with Crippen molar-refractivity contribution in [1.29, 1.82) is 0 Å². The second-order valence-electron chi connectivity index (χ2n) is 18.9. The summed E-state index contributed by atoms with van der Waals surface area (Å²) in [6.07, 6.45) is 71.1. The van der Waals surface area contributed by atoms with Crippen molar-refractivity contribution in [3.8, 4) is 0 Å². The molecule has 0 saturated heterocycles. The summed E-state index contributed by atoms with van der Waals surface area (Å²) in [6, 6.07) is 0. The summed E-state index contributed by atoms with van der Waals surface area (Å²) in [7, 11) is 0. The standard InChI is InChI=1S/3C18H37.H3O2PS2.3Zn/c3*1-3-5-7-9-11-13-15-17-18-16-14-12-10-8-6-4-2;1-3(2,4)5;;;/h3*1,3-18H2,2H3;(H3,1,2,4,5);;;/q;;;;3*+1/p-3. The molecule has 0 aromatic rings. The van der Waals surface area contributed by atoms with Crippen LogP contribution >= 0.6 is 5.69 Å². The molecule has 0 heterocycles. The van der Waals surface area contributed by atoms with Gasteiger partial charge in [-0.15, -0.1) is 0 Å². The Balaban J connectivity index is -0.000000385. The first-order chi connectivity index (χ1) is 30.2. The van der Waals surface area contributed by atoms with Gasteiger partial charge in [0.05, 0.1) is 0 Å². The van der Waals surface area contributed by atoms with E-state index in [1.165, 1.54) is 378 Å². The molecule has 0 fully saturated rings. The average molecular weight is 1080 g/mol. The van der Waals surface area contributed by atoms with Crippen LogP contribution in [0, 0.1) is 0 Å². The Labute approximate surface area is 434 Å². The van der Waals surface area contributed by atoms with E-state index in [9.17, 15) is 9.79 Å². The fraction of sp³-hybridized carbons (Fsp3) is 1.00. The predicted octanol–water partition coefficient (Wildman–Crippen LogP) is 20.1. The zero-order valence-corrected chi connectivity index (χ0v) is 54.7. The van der Waals surface area contributed by atoms with Gasteiger partial charge in [0, 0.05) is 0 Å². The molecule has 0 N–H and O–H groups in total. The minimum atomic E-state index is -3.72. The van der Waals surface area contributed by atoms with Crippen LogP contribution in [-0.2, 0) is 79.0 Å². The van der Waals surface area contributed by atoms with E-state index in [-0.39, 0.29) is 0 Å². The first kappa shape index (κ1) is 71.3. The van der Waals surface area contributed by atoms with Crippen LogP contribution in [0.15, 0.2) is 0 Å². The molecule has 362 valence electrons. The third-order valence-electron chi connectivity index (χ3n) is 12.3. The molecule has 2 nitrogen and oxygen atoms in total. The second kappa shape index (κ2) is 70.4. The molecule has 0 radical (unpaired) electrons. The normalized spacial score (nSPS) is 11.2. The molecule has 62 heavy (non-hydrogen) atoms. The number of hydrogen-bond acceptors (Lipinski definition) is 4. The largest absolute Gasteiger partial charge is 0.850 e. The average Bonchev–Trinajstić information content (AvgIpc) is 3.25. The van der Waals surface area contributed by atoms with Gasteiger partial charge < -0.3 is 27.7 Å². The van der Waals surface area contributed by atoms with Gasteiger partial charge in [-0.25, -0.2) is 0 Å². The zero-order valence-electron chi connectivity index (χ0n) is 43.3. The fourth-order valence-corrected chi connectivity index (χ4v) is 10.4. The maximum atomic E-state index is 9.29. The van der Waals surface area contributed by atoms with Gasteiger partial charge in [-0.1, -0.05) is 117 Å². The third-order valence-corrected chi connectivity index (χ3v) is 15.5.